The molecule has 0 bridgehead atoms. The Labute approximate surface area is 160 Å². The van der Waals surface area contributed by atoms with Crippen LogP contribution >= 0.6 is 23.1 Å². The number of amides is 1. The lowest BCUT2D eigenvalue weighted by atomic mass is 10.1. The SMILES string of the molecule is CCN(C(=O)CSc1nc(C)cc(C)c1C#N)c1nc2ccccc2s1. The standard InChI is InChI=1S/C19H18N4OS2/c1-4-23(19-22-15-7-5-6-8-16(15)26-19)17(24)11-25-18-14(10-20)12(2)9-13(3)21-18/h5-9H,4,11H2,1-3H3. The van der Waals surface area contributed by atoms with Crippen molar-refractivity contribution in [1.82, 2.24) is 9.97 Å². The Hall–Kier alpha value is -2.43. The van der Waals surface area contributed by atoms with E-state index in [1.807, 2.05) is 51.1 Å². The highest BCUT2D eigenvalue weighted by molar-refractivity contribution is 8.00. The minimum absolute atomic E-state index is 0.0404. The van der Waals surface area contributed by atoms with Crippen molar-refractivity contribution < 1.29 is 4.79 Å². The van der Waals surface area contributed by atoms with Gasteiger partial charge in [0.05, 0.1) is 21.5 Å². The number of carbonyl (C=O) groups excluding carboxylic acids is 1. The zero-order valence-corrected chi connectivity index (χ0v) is 16.4. The Morgan fingerprint density at radius 1 is 1.31 bits per heavy atom. The maximum Gasteiger partial charge on any atom is 0.239 e. The second kappa shape index (κ2) is 7.85. The van der Waals surface area contributed by atoms with Gasteiger partial charge in [0, 0.05) is 12.2 Å². The minimum Gasteiger partial charge on any atom is -0.288 e. The molecule has 2 aromatic heterocycles. The van der Waals surface area contributed by atoms with E-state index in [0.29, 0.717) is 22.3 Å². The molecule has 3 rings (SSSR count). The molecule has 1 amide bonds. The average Bonchev–Trinajstić information content (AvgIpc) is 3.03. The molecule has 3 aromatic rings. The number of fused-ring (bicyclic) bond motifs is 1. The topological polar surface area (TPSA) is 69.9 Å². The fourth-order valence-electron chi connectivity index (χ4n) is 2.64. The first-order valence-electron chi connectivity index (χ1n) is 8.20. The average molecular weight is 383 g/mol. The fourth-order valence-corrected chi connectivity index (χ4v) is 4.67. The van der Waals surface area contributed by atoms with E-state index in [9.17, 15) is 10.1 Å². The zero-order chi connectivity index (χ0) is 18.7. The van der Waals surface area contributed by atoms with Crippen LogP contribution in [0.3, 0.4) is 0 Å². The molecule has 5 nitrogen and oxygen atoms in total. The van der Waals surface area contributed by atoms with E-state index in [0.717, 1.165) is 21.5 Å². The van der Waals surface area contributed by atoms with Crippen molar-refractivity contribution in [3.05, 3.63) is 47.2 Å². The number of para-hydroxylation sites is 1. The third-order valence-electron chi connectivity index (χ3n) is 3.89. The minimum atomic E-state index is -0.0404. The first kappa shape index (κ1) is 18.4. The van der Waals surface area contributed by atoms with Gasteiger partial charge < -0.3 is 0 Å². The third kappa shape index (κ3) is 3.71. The quantitative estimate of drug-likeness (QED) is 0.615. The van der Waals surface area contributed by atoms with Gasteiger partial charge >= 0.3 is 0 Å². The fraction of sp³-hybridized carbons (Fsp3) is 0.263. The number of carbonyl (C=O) groups is 1. The summed E-state index contributed by atoms with van der Waals surface area (Å²) in [6.07, 6.45) is 0. The number of anilines is 1. The molecular weight excluding hydrogens is 364 g/mol. The number of pyridine rings is 1. The predicted octanol–water partition coefficient (Wildman–Crippen LogP) is 4.33. The van der Waals surface area contributed by atoms with E-state index < -0.39 is 0 Å². The van der Waals surface area contributed by atoms with Crippen LogP contribution < -0.4 is 4.90 Å². The molecule has 0 atom stereocenters. The van der Waals surface area contributed by atoms with Crippen LogP contribution in [0.4, 0.5) is 5.13 Å². The molecule has 0 saturated heterocycles. The second-order valence-electron chi connectivity index (χ2n) is 5.76. The molecule has 1 aromatic carbocycles. The number of aromatic nitrogens is 2. The normalized spacial score (nSPS) is 10.7. The van der Waals surface area contributed by atoms with Gasteiger partial charge in [-0.2, -0.15) is 5.26 Å². The monoisotopic (exact) mass is 382 g/mol. The molecule has 26 heavy (non-hydrogen) atoms. The summed E-state index contributed by atoms with van der Waals surface area (Å²) in [4.78, 5) is 23.4. The Bertz CT molecular complexity index is 973. The van der Waals surface area contributed by atoms with E-state index in [1.54, 1.807) is 4.90 Å². The summed E-state index contributed by atoms with van der Waals surface area (Å²) in [5.74, 6) is 0.176. The van der Waals surface area contributed by atoms with Crippen molar-refractivity contribution in [2.75, 3.05) is 17.2 Å². The molecule has 0 aliphatic rings. The Morgan fingerprint density at radius 3 is 2.77 bits per heavy atom. The number of thioether (sulfide) groups is 1. The number of nitrogens with zero attached hydrogens (tertiary/aromatic N) is 4. The Balaban J connectivity index is 1.79. The lowest BCUT2D eigenvalue weighted by molar-refractivity contribution is -0.116. The summed E-state index contributed by atoms with van der Waals surface area (Å²) in [6.45, 7) is 6.26. The Kier molecular flexibility index (Phi) is 5.55. The predicted molar refractivity (Wildman–Crippen MR) is 107 cm³/mol. The van der Waals surface area contributed by atoms with Crippen LogP contribution in [-0.4, -0.2) is 28.2 Å². The lowest BCUT2D eigenvalue weighted by Gasteiger charge is -2.17. The second-order valence-corrected chi connectivity index (χ2v) is 7.74. The van der Waals surface area contributed by atoms with Crippen molar-refractivity contribution in [1.29, 1.82) is 5.26 Å². The molecule has 0 aliphatic heterocycles. The molecule has 0 fully saturated rings. The van der Waals surface area contributed by atoms with Crippen molar-refractivity contribution in [2.24, 2.45) is 0 Å². The first-order valence-corrected chi connectivity index (χ1v) is 10.0. The van der Waals surface area contributed by atoms with Gasteiger partial charge in [-0.25, -0.2) is 9.97 Å². The largest absolute Gasteiger partial charge is 0.288 e. The highest BCUT2D eigenvalue weighted by Gasteiger charge is 2.19. The van der Waals surface area contributed by atoms with Gasteiger partial charge in [0.15, 0.2) is 5.13 Å². The molecule has 0 unspecified atom stereocenters. The van der Waals surface area contributed by atoms with Crippen molar-refractivity contribution in [3.63, 3.8) is 0 Å². The van der Waals surface area contributed by atoms with Gasteiger partial charge in [-0.1, -0.05) is 35.2 Å². The molecule has 2 heterocycles. The summed E-state index contributed by atoms with van der Waals surface area (Å²) in [5, 5.41) is 10.7. The van der Waals surface area contributed by atoms with E-state index >= 15 is 0 Å². The summed E-state index contributed by atoms with van der Waals surface area (Å²) < 4.78 is 1.06. The van der Waals surface area contributed by atoms with Crippen LogP contribution in [0, 0.1) is 25.2 Å². The molecule has 0 radical (unpaired) electrons. The number of aryl methyl sites for hydroxylation is 2. The van der Waals surface area contributed by atoms with E-state index in [1.165, 1.54) is 23.1 Å². The van der Waals surface area contributed by atoms with Crippen LogP contribution in [0.2, 0.25) is 0 Å². The molecular formula is C19H18N4OS2. The number of benzene rings is 1. The van der Waals surface area contributed by atoms with Crippen LogP contribution in [0.15, 0.2) is 35.4 Å². The maximum atomic E-state index is 12.8. The Morgan fingerprint density at radius 2 is 2.08 bits per heavy atom. The number of hydrogen-bond donors (Lipinski definition) is 0. The summed E-state index contributed by atoms with van der Waals surface area (Å²) in [6, 6.07) is 11.9. The van der Waals surface area contributed by atoms with Crippen LogP contribution in [0.5, 0.6) is 0 Å². The summed E-state index contributed by atoms with van der Waals surface area (Å²) >= 11 is 2.81. The van der Waals surface area contributed by atoms with Gasteiger partial charge in [0.2, 0.25) is 5.91 Å². The van der Waals surface area contributed by atoms with Gasteiger partial charge in [-0.15, -0.1) is 0 Å². The summed E-state index contributed by atoms with van der Waals surface area (Å²) in [7, 11) is 0. The molecule has 0 N–H and O–H groups in total. The zero-order valence-electron chi connectivity index (χ0n) is 14.8. The van der Waals surface area contributed by atoms with Crippen LogP contribution in [0.25, 0.3) is 10.2 Å². The van der Waals surface area contributed by atoms with Crippen LogP contribution in [-0.2, 0) is 4.79 Å². The van der Waals surface area contributed by atoms with Crippen molar-refractivity contribution >= 4 is 44.4 Å². The molecule has 0 aliphatic carbocycles. The third-order valence-corrected chi connectivity index (χ3v) is 5.91. The highest BCUT2D eigenvalue weighted by Crippen LogP contribution is 2.30. The van der Waals surface area contributed by atoms with Gasteiger partial charge in [-0.05, 0) is 44.5 Å². The molecule has 0 spiro atoms. The highest BCUT2D eigenvalue weighted by atomic mass is 32.2. The van der Waals surface area contributed by atoms with Crippen LogP contribution in [0.1, 0.15) is 23.7 Å². The van der Waals surface area contributed by atoms with E-state index in [2.05, 4.69) is 16.0 Å². The number of thiazole rings is 1. The first-order chi connectivity index (χ1) is 12.5. The maximum absolute atomic E-state index is 12.8. The molecule has 7 heteroatoms. The van der Waals surface area contributed by atoms with Gasteiger partial charge in [0.25, 0.3) is 0 Å². The number of rotatable bonds is 5. The van der Waals surface area contributed by atoms with Crippen molar-refractivity contribution in [2.45, 2.75) is 25.8 Å². The lowest BCUT2D eigenvalue weighted by Crippen LogP contribution is -2.32. The van der Waals surface area contributed by atoms with Gasteiger partial charge in [0.1, 0.15) is 11.1 Å². The molecule has 132 valence electrons. The summed E-state index contributed by atoms with van der Waals surface area (Å²) in [5.41, 5.74) is 3.16. The number of hydrogen-bond acceptors (Lipinski definition) is 6. The smallest absolute Gasteiger partial charge is 0.239 e. The number of nitriles is 1. The molecule has 0 saturated carbocycles. The van der Waals surface area contributed by atoms with Crippen molar-refractivity contribution in [3.8, 4) is 6.07 Å². The van der Waals surface area contributed by atoms with E-state index in [-0.39, 0.29) is 11.7 Å². The van der Waals surface area contributed by atoms with E-state index in [4.69, 9.17) is 0 Å². The van der Waals surface area contributed by atoms with Gasteiger partial charge in [-0.3, -0.25) is 9.69 Å².